The highest BCUT2D eigenvalue weighted by Crippen LogP contribution is 2.21. The number of benzene rings is 7. The maximum Gasteiger partial charge on any atom is 0.255 e. The molecule has 0 saturated carbocycles. The minimum atomic E-state index is -0.566. The van der Waals surface area contributed by atoms with Gasteiger partial charge in [0.25, 0.3) is 17.7 Å². The Morgan fingerprint density at radius 1 is 0.232 bits per heavy atom. The van der Waals surface area contributed by atoms with Crippen LogP contribution in [0.2, 0.25) is 0 Å². The lowest BCUT2D eigenvalue weighted by Gasteiger charge is -2.12. The van der Waals surface area contributed by atoms with Gasteiger partial charge in [0.05, 0.1) is 0 Å². The number of carbonyl (C=O) groups excluding carboxylic acids is 6. The number of unbranched alkanes of at least 4 members (excludes halogenated alkanes) is 18. The molecule has 0 heterocycles. The molecule has 99 heavy (non-hydrogen) atoms. The van der Waals surface area contributed by atoms with E-state index >= 15 is 0 Å². The molecule has 12 nitrogen and oxygen atoms in total. The van der Waals surface area contributed by atoms with E-state index in [0.717, 1.165) is 91.5 Å². The third kappa shape index (κ3) is 29.7. The third-order valence-electron chi connectivity index (χ3n) is 16.1. The molecule has 6 N–H and O–H groups in total. The van der Waals surface area contributed by atoms with E-state index in [1.54, 1.807) is 72.8 Å². The molecule has 6 amide bonds. The third-order valence-corrected chi connectivity index (χ3v) is 16.1. The van der Waals surface area contributed by atoms with Crippen molar-refractivity contribution in [2.75, 3.05) is 31.9 Å². The zero-order valence-electron chi connectivity index (χ0n) is 57.5. The summed E-state index contributed by atoms with van der Waals surface area (Å²) < 4.78 is 0. The Morgan fingerprint density at radius 3 is 0.596 bits per heavy atom. The highest BCUT2D eigenvalue weighted by atomic mass is 16.2. The van der Waals surface area contributed by atoms with Gasteiger partial charge >= 0.3 is 0 Å². The van der Waals surface area contributed by atoms with Crippen LogP contribution in [0.15, 0.2) is 164 Å². The van der Waals surface area contributed by atoms with Crippen molar-refractivity contribution in [1.29, 1.82) is 0 Å². The zero-order chi connectivity index (χ0) is 69.9. The molecule has 0 atom stereocenters. The summed E-state index contributed by atoms with van der Waals surface area (Å²) in [5.41, 5.74) is 7.90. The first-order valence-electron chi connectivity index (χ1n) is 35.1. The summed E-state index contributed by atoms with van der Waals surface area (Å²) in [5.74, 6) is 33.8. The smallest absolute Gasteiger partial charge is 0.255 e. The van der Waals surface area contributed by atoms with Crippen molar-refractivity contribution in [2.24, 2.45) is 0 Å². The first-order valence-corrected chi connectivity index (χ1v) is 35.1. The predicted molar refractivity (Wildman–Crippen MR) is 404 cm³/mol. The fourth-order valence-electron chi connectivity index (χ4n) is 10.5. The Hall–Kier alpha value is -11.3. The van der Waals surface area contributed by atoms with E-state index in [-0.39, 0.29) is 34.4 Å². The molecule has 7 rings (SSSR count). The monoisotopic (exact) mass is 1310 g/mol. The Kier molecular flexibility index (Phi) is 33.2. The molecule has 0 spiro atoms. The van der Waals surface area contributed by atoms with Gasteiger partial charge in [-0.3, -0.25) is 28.8 Å². The molecule has 0 aromatic heterocycles. The molecule has 0 bridgehead atoms. The molecule has 0 aliphatic rings. The molecular weight excluding hydrogens is 1220 g/mol. The first-order chi connectivity index (χ1) is 48.4. The second-order valence-corrected chi connectivity index (χ2v) is 24.4. The lowest BCUT2D eigenvalue weighted by molar-refractivity contribution is -0.117. The lowest BCUT2D eigenvalue weighted by atomic mass is 10.0. The van der Waals surface area contributed by atoms with Gasteiger partial charge in [0, 0.05) is 103 Å². The Bertz CT molecular complexity index is 3750. The molecule has 12 heteroatoms. The van der Waals surface area contributed by atoms with Crippen molar-refractivity contribution in [1.82, 2.24) is 0 Å². The molecule has 7 aromatic carbocycles. The van der Waals surface area contributed by atoms with Crippen LogP contribution >= 0.6 is 0 Å². The van der Waals surface area contributed by atoms with Crippen LogP contribution in [-0.2, 0) is 14.4 Å². The summed E-state index contributed by atoms with van der Waals surface area (Å²) in [6.45, 7) is 6.62. The van der Waals surface area contributed by atoms with E-state index in [1.165, 1.54) is 95.2 Å². The molecule has 0 aliphatic heterocycles. The second kappa shape index (κ2) is 43.7. The summed E-state index contributed by atoms with van der Waals surface area (Å²) in [7, 11) is 0. The van der Waals surface area contributed by atoms with Gasteiger partial charge in [-0.25, -0.2) is 0 Å². The van der Waals surface area contributed by atoms with Gasteiger partial charge in [0.15, 0.2) is 0 Å². The predicted octanol–water partition coefficient (Wildman–Crippen LogP) is 18.9. The number of carbonyl (C=O) groups is 6. The Labute approximate surface area is 586 Å². The van der Waals surface area contributed by atoms with Crippen LogP contribution < -0.4 is 31.9 Å². The maximum atomic E-state index is 14.0. The molecule has 0 radical (unpaired) electrons. The minimum absolute atomic E-state index is 0.00838. The van der Waals surface area contributed by atoms with Gasteiger partial charge in [0.2, 0.25) is 17.7 Å². The highest BCUT2D eigenvalue weighted by Gasteiger charge is 2.18. The molecular formula is C87H90N6O6. The number of amides is 6. The average Bonchev–Trinajstić information content (AvgIpc) is 0.819. The van der Waals surface area contributed by atoms with Gasteiger partial charge in [-0.1, -0.05) is 172 Å². The number of rotatable bonds is 33. The van der Waals surface area contributed by atoms with E-state index < -0.39 is 17.7 Å². The topological polar surface area (TPSA) is 175 Å². The number of nitrogens with one attached hydrogen (secondary N) is 6. The molecule has 0 fully saturated rings. The van der Waals surface area contributed by atoms with Crippen molar-refractivity contribution in [3.63, 3.8) is 0 Å². The average molecular weight is 1320 g/mol. The summed E-state index contributed by atoms with van der Waals surface area (Å²) in [6, 6.07) is 46.9. The van der Waals surface area contributed by atoms with Gasteiger partial charge in [-0.15, -0.1) is 0 Å². The van der Waals surface area contributed by atoms with Gasteiger partial charge < -0.3 is 31.9 Å². The first kappa shape index (κ1) is 75.1. The van der Waals surface area contributed by atoms with Crippen LogP contribution in [0, 0.1) is 71.0 Å². The van der Waals surface area contributed by atoms with E-state index in [4.69, 9.17) is 0 Å². The quantitative estimate of drug-likeness (QED) is 0.0176. The summed E-state index contributed by atoms with van der Waals surface area (Å²) in [6.07, 6.45) is 25.7. The molecule has 0 unspecified atom stereocenters. The van der Waals surface area contributed by atoms with E-state index in [9.17, 15) is 28.8 Å². The van der Waals surface area contributed by atoms with Crippen LogP contribution in [0.25, 0.3) is 0 Å². The molecule has 7 aromatic rings. The molecule has 0 saturated heterocycles. The van der Waals surface area contributed by atoms with Crippen LogP contribution in [0.4, 0.5) is 34.1 Å². The van der Waals surface area contributed by atoms with E-state index in [0.29, 0.717) is 53.0 Å². The summed E-state index contributed by atoms with van der Waals surface area (Å²) >= 11 is 0. The SMILES string of the molecule is CCCCCCCCCC(=O)Nc1ccc(C#CC#Cc2ccc(NC(=O)c3cc(C(=O)Nc4ccc(C#CC#Cc5ccc(NC(=O)CCCCCCCCC)cc5)cc4)cc(C(=O)Nc4ccc(C#CC#Cc5ccc(NC(=O)CCCCCCCCC)cc5)cc4)c3)cc2)cc1. The van der Waals surface area contributed by atoms with Crippen LogP contribution in [0.5, 0.6) is 0 Å². The second-order valence-electron chi connectivity index (χ2n) is 24.4. The maximum absolute atomic E-state index is 14.0. The van der Waals surface area contributed by atoms with E-state index in [1.807, 2.05) is 72.8 Å². The van der Waals surface area contributed by atoms with Crippen molar-refractivity contribution in [3.05, 3.63) is 214 Å². The Morgan fingerprint density at radius 2 is 0.404 bits per heavy atom. The largest absolute Gasteiger partial charge is 0.326 e. The number of anilines is 6. The van der Waals surface area contributed by atoms with Crippen molar-refractivity contribution in [2.45, 2.75) is 175 Å². The van der Waals surface area contributed by atoms with E-state index in [2.05, 4.69) is 124 Å². The molecule has 0 aliphatic carbocycles. The van der Waals surface area contributed by atoms with Crippen molar-refractivity contribution in [3.8, 4) is 71.0 Å². The minimum Gasteiger partial charge on any atom is -0.326 e. The highest BCUT2D eigenvalue weighted by molar-refractivity contribution is 6.13. The summed E-state index contributed by atoms with van der Waals surface area (Å²) in [5, 5.41) is 17.5. The van der Waals surface area contributed by atoms with Crippen LogP contribution in [-0.4, -0.2) is 35.4 Å². The fraction of sp³-hybridized carbons (Fsp3) is 0.310. The summed E-state index contributed by atoms with van der Waals surface area (Å²) in [4.78, 5) is 79.5. The van der Waals surface area contributed by atoms with Gasteiger partial charge in [-0.05, 0) is 219 Å². The van der Waals surface area contributed by atoms with Crippen molar-refractivity contribution < 1.29 is 28.8 Å². The van der Waals surface area contributed by atoms with Crippen LogP contribution in [0.3, 0.4) is 0 Å². The standard InChI is InChI=1S/C87H90N6O6/c1-4-7-10-13-16-19-22-37-82(94)88-76-52-40-67(41-53-76)31-25-28-34-70-46-58-79(59-47-70)91-85(97)73-64-74(86(98)92-80-60-48-71(49-61-80)35-29-26-32-68-42-54-77(55-43-68)89-83(95)38-23-20-17-14-11-8-5-2)66-75(65-73)87(99)93-81-62-50-72(51-63-81)36-30-27-33-69-44-56-78(57-45-69)90-84(96)39-24-21-18-15-12-9-6-3/h40-66H,4-24,37-39H2,1-3H3,(H,88,94)(H,89,95)(H,90,96)(H,91,97)(H,92,98)(H,93,99). The Balaban J connectivity index is 0.961. The van der Waals surface area contributed by atoms with Crippen LogP contribution in [0.1, 0.15) is 239 Å². The number of hydrogen-bond acceptors (Lipinski definition) is 6. The van der Waals surface area contributed by atoms with Crippen molar-refractivity contribution >= 4 is 69.6 Å². The van der Waals surface area contributed by atoms with Gasteiger partial charge in [-0.2, -0.15) is 0 Å². The fourth-order valence-corrected chi connectivity index (χ4v) is 10.5. The number of hydrogen-bond donors (Lipinski definition) is 6. The molecule has 504 valence electrons. The zero-order valence-corrected chi connectivity index (χ0v) is 57.5. The van der Waals surface area contributed by atoms with Gasteiger partial charge in [0.1, 0.15) is 0 Å². The normalized spacial score (nSPS) is 10.1. The lowest BCUT2D eigenvalue weighted by Crippen LogP contribution is -2.19.